The molecule has 4 rings (SSSR count). The largest absolute Gasteiger partial charge is 0.460 e. The highest BCUT2D eigenvalue weighted by Crippen LogP contribution is 2.28. The molecule has 0 aromatic carbocycles. The Labute approximate surface area is 183 Å². The number of pyridine rings is 1. The van der Waals surface area contributed by atoms with Crippen molar-refractivity contribution in [1.82, 2.24) is 15.2 Å². The number of furan rings is 1. The number of carbonyl (C=O) groups excluding carboxylic acids is 1. The summed E-state index contributed by atoms with van der Waals surface area (Å²) in [6.45, 7) is 5.05. The van der Waals surface area contributed by atoms with Gasteiger partial charge >= 0.3 is 0 Å². The van der Waals surface area contributed by atoms with E-state index in [0.29, 0.717) is 5.92 Å². The molecule has 9 heteroatoms. The van der Waals surface area contributed by atoms with Gasteiger partial charge < -0.3 is 14.6 Å². The van der Waals surface area contributed by atoms with Crippen LogP contribution in [0, 0.1) is 5.92 Å². The Bertz CT molecular complexity index is 990. The summed E-state index contributed by atoms with van der Waals surface area (Å²) in [5.74, 6) is 0.838. The molecule has 0 bridgehead atoms. The molecule has 0 radical (unpaired) electrons. The van der Waals surface area contributed by atoms with Crippen molar-refractivity contribution in [3.8, 4) is 0 Å². The first-order chi connectivity index (χ1) is 14.9. The summed E-state index contributed by atoms with van der Waals surface area (Å²) < 4.78 is 28.1. The highest BCUT2D eigenvalue weighted by molar-refractivity contribution is 7.91. The van der Waals surface area contributed by atoms with E-state index in [1.807, 2.05) is 18.3 Å². The van der Waals surface area contributed by atoms with E-state index in [1.54, 1.807) is 6.26 Å². The maximum atomic E-state index is 11.8. The fraction of sp³-hybridized carbons (Fsp3) is 0.636. The van der Waals surface area contributed by atoms with Crippen LogP contribution >= 0.6 is 0 Å². The maximum Gasteiger partial charge on any atom is 0.235 e. The molecule has 8 nitrogen and oxygen atoms in total. The lowest BCUT2D eigenvalue weighted by atomic mass is 9.84. The number of rotatable bonds is 7. The first kappa shape index (κ1) is 22.1. The van der Waals surface area contributed by atoms with Crippen molar-refractivity contribution in [2.45, 2.75) is 38.1 Å². The smallest absolute Gasteiger partial charge is 0.235 e. The topological polar surface area (TPSA) is 95.8 Å². The van der Waals surface area contributed by atoms with E-state index in [4.69, 9.17) is 4.42 Å². The van der Waals surface area contributed by atoms with E-state index >= 15 is 0 Å². The molecule has 2 aromatic heterocycles. The first-order valence-electron chi connectivity index (χ1n) is 11.1. The molecular formula is C22H32N4O4S. The Morgan fingerprint density at radius 2 is 1.90 bits per heavy atom. The molecule has 0 spiro atoms. The van der Waals surface area contributed by atoms with E-state index in [0.717, 1.165) is 81.4 Å². The van der Waals surface area contributed by atoms with Gasteiger partial charge in [-0.1, -0.05) is 0 Å². The third-order valence-electron chi connectivity index (χ3n) is 6.48. The van der Waals surface area contributed by atoms with Crippen molar-refractivity contribution in [3.05, 3.63) is 24.6 Å². The summed E-state index contributed by atoms with van der Waals surface area (Å²) in [6.07, 6.45) is 9.90. The molecule has 2 aliphatic rings. The zero-order chi connectivity index (χ0) is 21.8. The standard InChI is InChI=1S/C22H32N4O4S/c1-31(28,29)16-20(27)24-19-4-2-17(3-5-19)7-10-25-11-13-26(14-12-25)22-21-18(6-9-23-22)8-15-30-21/h6,8-9,15,17,19H,2-5,7,10-14,16H2,1H3,(H,24,27)/t17-,19-. The molecule has 0 unspecified atom stereocenters. The van der Waals surface area contributed by atoms with Gasteiger partial charge in [0.15, 0.2) is 21.2 Å². The van der Waals surface area contributed by atoms with Gasteiger partial charge in [0.25, 0.3) is 0 Å². The molecule has 1 aliphatic carbocycles. The number of hydrogen-bond acceptors (Lipinski definition) is 7. The highest BCUT2D eigenvalue weighted by atomic mass is 32.2. The minimum Gasteiger partial charge on any atom is -0.460 e. The van der Waals surface area contributed by atoms with Gasteiger partial charge in [-0.15, -0.1) is 0 Å². The van der Waals surface area contributed by atoms with E-state index in [-0.39, 0.29) is 11.9 Å². The summed E-state index contributed by atoms with van der Waals surface area (Å²) in [5.41, 5.74) is 0.872. The molecule has 1 saturated heterocycles. The normalized spacial score (nSPS) is 23.2. The van der Waals surface area contributed by atoms with Crippen LogP contribution in [-0.2, 0) is 14.6 Å². The molecule has 170 valence electrons. The monoisotopic (exact) mass is 448 g/mol. The van der Waals surface area contributed by atoms with E-state index in [2.05, 4.69) is 20.1 Å². The number of piperazine rings is 1. The van der Waals surface area contributed by atoms with Gasteiger partial charge in [-0.2, -0.15) is 0 Å². The van der Waals surface area contributed by atoms with Crippen molar-refractivity contribution in [3.63, 3.8) is 0 Å². The molecule has 1 aliphatic heterocycles. The van der Waals surface area contributed by atoms with Crippen molar-refractivity contribution in [2.75, 3.05) is 49.6 Å². The first-order valence-corrected chi connectivity index (χ1v) is 13.2. The fourth-order valence-corrected chi connectivity index (χ4v) is 5.32. The number of carbonyl (C=O) groups is 1. The van der Waals surface area contributed by atoms with E-state index in [9.17, 15) is 13.2 Å². The van der Waals surface area contributed by atoms with Crippen LogP contribution in [0.2, 0.25) is 0 Å². The van der Waals surface area contributed by atoms with Crippen LogP contribution in [-0.4, -0.2) is 75.0 Å². The van der Waals surface area contributed by atoms with Crippen molar-refractivity contribution < 1.29 is 17.6 Å². The molecule has 1 amide bonds. The Balaban J connectivity index is 1.16. The van der Waals surface area contributed by atoms with Crippen LogP contribution in [0.4, 0.5) is 5.82 Å². The summed E-state index contributed by atoms with van der Waals surface area (Å²) in [6, 6.07) is 4.07. The highest BCUT2D eigenvalue weighted by Gasteiger charge is 2.25. The van der Waals surface area contributed by atoms with Gasteiger partial charge in [-0.05, 0) is 56.7 Å². The number of nitrogens with one attached hydrogen (secondary N) is 1. The number of aromatic nitrogens is 1. The van der Waals surface area contributed by atoms with Gasteiger partial charge in [-0.25, -0.2) is 13.4 Å². The van der Waals surface area contributed by atoms with Crippen molar-refractivity contribution in [2.24, 2.45) is 5.92 Å². The second kappa shape index (κ2) is 9.56. The lowest BCUT2D eigenvalue weighted by Crippen LogP contribution is -2.47. The summed E-state index contributed by atoms with van der Waals surface area (Å²) >= 11 is 0. The Morgan fingerprint density at radius 1 is 1.16 bits per heavy atom. The number of fused-ring (bicyclic) bond motifs is 1. The quantitative estimate of drug-likeness (QED) is 0.693. The zero-order valence-electron chi connectivity index (χ0n) is 18.1. The predicted octanol–water partition coefficient (Wildman–Crippen LogP) is 2.06. The Morgan fingerprint density at radius 3 is 2.61 bits per heavy atom. The van der Waals surface area contributed by atoms with Crippen LogP contribution in [0.5, 0.6) is 0 Å². The second-order valence-corrected chi connectivity index (χ2v) is 11.1. The predicted molar refractivity (Wildman–Crippen MR) is 121 cm³/mol. The second-order valence-electron chi connectivity index (χ2n) is 8.95. The molecular weight excluding hydrogens is 416 g/mol. The number of amides is 1. The SMILES string of the molecule is CS(=O)(=O)CC(=O)N[C@H]1CC[C@H](CCN2CCN(c3nccc4ccoc34)CC2)CC1. The van der Waals surface area contributed by atoms with E-state index in [1.165, 1.54) is 6.42 Å². The average Bonchev–Trinajstić information content (AvgIpc) is 3.21. The lowest BCUT2D eigenvalue weighted by molar-refractivity contribution is -0.119. The summed E-state index contributed by atoms with van der Waals surface area (Å²) in [4.78, 5) is 21.2. The third-order valence-corrected chi connectivity index (χ3v) is 7.27. The van der Waals surface area contributed by atoms with Gasteiger partial charge in [0.1, 0.15) is 5.75 Å². The maximum absolute atomic E-state index is 11.8. The third kappa shape index (κ3) is 5.98. The number of hydrogen-bond donors (Lipinski definition) is 1. The van der Waals surface area contributed by atoms with Gasteiger partial charge in [0.05, 0.1) is 6.26 Å². The van der Waals surface area contributed by atoms with Crippen molar-refractivity contribution in [1.29, 1.82) is 0 Å². The molecule has 31 heavy (non-hydrogen) atoms. The summed E-state index contributed by atoms with van der Waals surface area (Å²) in [5, 5.41) is 3.98. The van der Waals surface area contributed by atoms with Crippen LogP contribution < -0.4 is 10.2 Å². The number of nitrogens with zero attached hydrogens (tertiary/aromatic N) is 3. The number of sulfone groups is 1. The molecule has 0 atom stereocenters. The fourth-order valence-electron chi connectivity index (χ4n) is 4.76. The van der Waals surface area contributed by atoms with Gasteiger partial charge in [-0.3, -0.25) is 9.69 Å². The molecule has 2 fully saturated rings. The average molecular weight is 449 g/mol. The summed E-state index contributed by atoms with van der Waals surface area (Å²) in [7, 11) is -3.27. The van der Waals surface area contributed by atoms with Crippen LogP contribution in [0.25, 0.3) is 11.0 Å². The zero-order valence-corrected chi connectivity index (χ0v) is 18.9. The van der Waals surface area contributed by atoms with Crippen LogP contribution in [0.1, 0.15) is 32.1 Å². The van der Waals surface area contributed by atoms with Crippen LogP contribution in [0.3, 0.4) is 0 Å². The minimum atomic E-state index is -3.27. The number of anilines is 1. The molecule has 2 aromatic rings. The van der Waals surface area contributed by atoms with Crippen molar-refractivity contribution >= 4 is 32.5 Å². The van der Waals surface area contributed by atoms with Crippen LogP contribution in [0.15, 0.2) is 29.0 Å². The molecule has 1 N–H and O–H groups in total. The Kier molecular flexibility index (Phi) is 6.81. The lowest BCUT2D eigenvalue weighted by Gasteiger charge is -2.36. The Hall–Kier alpha value is -2.13. The minimum absolute atomic E-state index is 0.117. The van der Waals surface area contributed by atoms with Gasteiger partial charge in [0.2, 0.25) is 5.91 Å². The van der Waals surface area contributed by atoms with E-state index < -0.39 is 15.6 Å². The van der Waals surface area contributed by atoms with Gasteiger partial charge in [0, 0.05) is 50.1 Å². The molecule has 3 heterocycles. The molecule has 1 saturated carbocycles.